The van der Waals surface area contributed by atoms with E-state index in [4.69, 9.17) is 0 Å². The van der Waals surface area contributed by atoms with Gasteiger partial charge in [-0.2, -0.15) is 0 Å². The number of aromatic nitrogens is 1. The summed E-state index contributed by atoms with van der Waals surface area (Å²) in [5.41, 5.74) is 2.18. The highest BCUT2D eigenvalue weighted by atomic mass is 79.9. The van der Waals surface area contributed by atoms with E-state index in [0.29, 0.717) is 12.5 Å². The van der Waals surface area contributed by atoms with Crippen LogP contribution in [0, 0.1) is 5.41 Å². The first-order valence-corrected chi connectivity index (χ1v) is 8.11. The van der Waals surface area contributed by atoms with Gasteiger partial charge >= 0.3 is 0 Å². The second kappa shape index (κ2) is 4.53. The van der Waals surface area contributed by atoms with E-state index < -0.39 is 0 Å². The Morgan fingerprint density at radius 3 is 2.60 bits per heavy atom. The normalized spacial score (nSPS) is 31.4. The Morgan fingerprint density at radius 1 is 1.20 bits per heavy atom. The number of carbonyl (C=O) groups excluding carboxylic acids is 1. The summed E-state index contributed by atoms with van der Waals surface area (Å²) in [6.45, 7) is 4.70. The number of fused-ring (bicyclic) bond motifs is 4. The lowest BCUT2D eigenvalue weighted by Crippen LogP contribution is -2.55. The Hall–Kier alpha value is -0.940. The minimum atomic E-state index is -0.0754. The van der Waals surface area contributed by atoms with Gasteiger partial charge in [-0.05, 0) is 66.5 Å². The molecule has 0 unspecified atom stereocenters. The van der Waals surface area contributed by atoms with Crippen molar-refractivity contribution in [1.82, 2.24) is 14.8 Å². The van der Waals surface area contributed by atoms with Crippen LogP contribution in [0.5, 0.6) is 0 Å². The first-order valence-electron chi connectivity index (χ1n) is 7.31. The second-order valence-electron chi connectivity index (χ2n) is 6.29. The third-order valence-corrected chi connectivity index (χ3v) is 5.62. The first kappa shape index (κ1) is 12.8. The molecule has 20 heavy (non-hydrogen) atoms. The van der Waals surface area contributed by atoms with Gasteiger partial charge in [-0.1, -0.05) is 0 Å². The van der Waals surface area contributed by atoms with E-state index in [1.165, 1.54) is 5.56 Å². The number of hydrogen-bond donors (Lipinski definition) is 0. The number of hydrogen-bond acceptors (Lipinski definition) is 3. The molecular weight excluding hydrogens is 318 g/mol. The molecule has 3 fully saturated rings. The summed E-state index contributed by atoms with van der Waals surface area (Å²) in [5.74, 6) is 0.367. The van der Waals surface area contributed by atoms with Crippen LogP contribution in [-0.2, 0) is 17.9 Å². The van der Waals surface area contributed by atoms with E-state index >= 15 is 0 Å². The van der Waals surface area contributed by atoms with Crippen molar-refractivity contribution in [3.63, 3.8) is 0 Å². The molecule has 4 aliphatic heterocycles. The fourth-order valence-electron chi connectivity index (χ4n) is 3.86. The molecule has 0 N–H and O–H groups in total. The number of carbonyl (C=O) groups is 1. The molecule has 4 nitrogen and oxygen atoms in total. The topological polar surface area (TPSA) is 36.4 Å². The molecule has 0 saturated carbocycles. The maximum absolute atomic E-state index is 13.0. The van der Waals surface area contributed by atoms with Crippen LogP contribution in [0.3, 0.4) is 0 Å². The summed E-state index contributed by atoms with van der Waals surface area (Å²) in [7, 11) is 0. The van der Waals surface area contributed by atoms with Gasteiger partial charge in [0.15, 0.2) is 0 Å². The van der Waals surface area contributed by atoms with Gasteiger partial charge in [-0.25, -0.2) is 0 Å². The van der Waals surface area contributed by atoms with Crippen LogP contribution in [0.25, 0.3) is 0 Å². The van der Waals surface area contributed by atoms with Gasteiger partial charge in [0.1, 0.15) is 0 Å². The van der Waals surface area contributed by atoms with Gasteiger partial charge in [0.25, 0.3) is 0 Å². The minimum Gasteiger partial charge on any atom is -0.332 e. The summed E-state index contributed by atoms with van der Waals surface area (Å²) in [4.78, 5) is 21.9. The molecule has 1 aromatic rings. The zero-order valence-electron chi connectivity index (χ0n) is 11.4. The van der Waals surface area contributed by atoms with Gasteiger partial charge < -0.3 is 9.80 Å². The lowest BCUT2D eigenvalue weighted by molar-refractivity contribution is -0.150. The minimum absolute atomic E-state index is 0.0754. The van der Waals surface area contributed by atoms with Gasteiger partial charge in [0, 0.05) is 17.2 Å². The third kappa shape index (κ3) is 1.91. The van der Waals surface area contributed by atoms with Crippen LogP contribution in [0.15, 0.2) is 16.7 Å². The average molecular weight is 336 g/mol. The molecule has 1 amide bonds. The molecule has 5 heterocycles. The molecule has 106 valence electrons. The van der Waals surface area contributed by atoms with Crippen LogP contribution < -0.4 is 0 Å². The molecule has 3 saturated heterocycles. The van der Waals surface area contributed by atoms with Gasteiger partial charge in [0.2, 0.25) is 5.91 Å². The Labute approximate surface area is 127 Å². The van der Waals surface area contributed by atoms with Crippen molar-refractivity contribution in [3.05, 3.63) is 28.0 Å². The Morgan fingerprint density at radius 2 is 1.90 bits per heavy atom. The van der Waals surface area contributed by atoms with E-state index in [1.54, 1.807) is 0 Å². The number of halogens is 1. The molecule has 2 bridgehead atoms. The molecule has 5 heteroatoms. The summed E-state index contributed by atoms with van der Waals surface area (Å²) >= 11 is 3.46. The summed E-state index contributed by atoms with van der Waals surface area (Å²) in [5, 5.41) is 0. The number of pyridine rings is 1. The van der Waals surface area contributed by atoms with Crippen molar-refractivity contribution in [2.45, 2.75) is 32.4 Å². The zero-order chi connectivity index (χ0) is 13.7. The number of amides is 1. The maximum Gasteiger partial charge on any atom is 0.229 e. The summed E-state index contributed by atoms with van der Waals surface area (Å²) in [6, 6.07) is 2.09. The molecule has 0 aliphatic carbocycles. The van der Waals surface area contributed by atoms with E-state index in [-0.39, 0.29) is 5.41 Å². The first-order chi connectivity index (χ1) is 9.66. The fourth-order valence-corrected chi connectivity index (χ4v) is 4.24. The Balaban J connectivity index is 1.56. The highest BCUT2D eigenvalue weighted by Crippen LogP contribution is 2.42. The molecule has 5 rings (SSSR count). The summed E-state index contributed by atoms with van der Waals surface area (Å²) < 4.78 is 0.995. The van der Waals surface area contributed by atoms with E-state index in [1.807, 2.05) is 11.1 Å². The lowest BCUT2D eigenvalue weighted by atomic mass is 9.71. The molecule has 0 atom stereocenters. The maximum atomic E-state index is 13.0. The third-order valence-electron chi connectivity index (χ3n) is 5.19. The largest absolute Gasteiger partial charge is 0.332 e. The van der Waals surface area contributed by atoms with Crippen molar-refractivity contribution >= 4 is 21.8 Å². The van der Waals surface area contributed by atoms with Crippen LogP contribution in [0.1, 0.15) is 30.5 Å². The monoisotopic (exact) mass is 335 g/mol. The smallest absolute Gasteiger partial charge is 0.229 e. The van der Waals surface area contributed by atoms with Crippen molar-refractivity contribution in [3.8, 4) is 0 Å². The summed E-state index contributed by atoms with van der Waals surface area (Å²) in [6.07, 6.45) is 4.94. The predicted octanol–water partition coefficient (Wildman–Crippen LogP) is 2.17. The lowest BCUT2D eigenvalue weighted by Gasteiger charge is -2.48. The fraction of sp³-hybridized carbons (Fsp3) is 0.600. The molecule has 1 aromatic heterocycles. The van der Waals surface area contributed by atoms with Crippen LogP contribution in [0.4, 0.5) is 0 Å². The number of rotatable bonds is 1. The molecule has 0 aromatic carbocycles. The SMILES string of the molecule is O=C(N1Cc2cc(Br)cnc2C1)C12CCN(CC1)CC2. The van der Waals surface area contributed by atoms with E-state index in [0.717, 1.165) is 55.6 Å². The van der Waals surface area contributed by atoms with Gasteiger partial charge in [-0.3, -0.25) is 9.78 Å². The van der Waals surface area contributed by atoms with Crippen LogP contribution >= 0.6 is 15.9 Å². The number of nitrogens with zero attached hydrogens (tertiary/aromatic N) is 3. The van der Waals surface area contributed by atoms with E-state index in [2.05, 4.69) is 31.9 Å². The average Bonchev–Trinajstić information content (AvgIpc) is 2.91. The van der Waals surface area contributed by atoms with Crippen molar-refractivity contribution in [2.24, 2.45) is 5.41 Å². The molecule has 4 aliphatic rings. The predicted molar refractivity (Wildman–Crippen MR) is 78.9 cm³/mol. The highest BCUT2D eigenvalue weighted by molar-refractivity contribution is 9.10. The Kier molecular flexibility index (Phi) is 2.89. The van der Waals surface area contributed by atoms with Crippen molar-refractivity contribution in [2.75, 3.05) is 19.6 Å². The zero-order valence-corrected chi connectivity index (χ0v) is 13.0. The quantitative estimate of drug-likeness (QED) is 0.789. The van der Waals surface area contributed by atoms with E-state index in [9.17, 15) is 4.79 Å². The molecule has 0 spiro atoms. The highest BCUT2D eigenvalue weighted by Gasteiger charge is 2.47. The van der Waals surface area contributed by atoms with Crippen molar-refractivity contribution in [1.29, 1.82) is 0 Å². The van der Waals surface area contributed by atoms with Crippen molar-refractivity contribution < 1.29 is 4.79 Å². The number of piperidine rings is 3. The Bertz CT molecular complexity index is 552. The van der Waals surface area contributed by atoms with Gasteiger partial charge in [0.05, 0.1) is 17.7 Å². The van der Waals surface area contributed by atoms with Crippen LogP contribution in [-0.4, -0.2) is 40.3 Å². The standard InChI is InChI=1S/C15H18BrN3O/c16-12-7-11-9-19(10-13(11)17-8-12)14(20)15-1-4-18(5-2-15)6-3-15/h7-8H,1-6,9-10H2. The van der Waals surface area contributed by atoms with Gasteiger partial charge in [-0.15, -0.1) is 0 Å². The molecular formula is C15H18BrN3O. The van der Waals surface area contributed by atoms with Crippen LogP contribution in [0.2, 0.25) is 0 Å². The molecule has 0 radical (unpaired) electrons. The second-order valence-corrected chi connectivity index (χ2v) is 7.21.